The van der Waals surface area contributed by atoms with Crippen molar-refractivity contribution in [1.29, 1.82) is 5.26 Å². The topological polar surface area (TPSA) is 58.7 Å². The van der Waals surface area contributed by atoms with Gasteiger partial charge < -0.3 is 0 Å². The Hall–Kier alpha value is -3.19. The van der Waals surface area contributed by atoms with Gasteiger partial charge in [-0.3, -0.25) is 4.79 Å². The molecular weight excluding hydrogens is 430 g/mol. The Morgan fingerprint density at radius 2 is 1.74 bits per heavy atom. The van der Waals surface area contributed by atoms with E-state index in [9.17, 15) is 10.1 Å². The first kappa shape index (κ1) is 22.3. The molecule has 3 atom stereocenters. The van der Waals surface area contributed by atoms with Crippen molar-refractivity contribution < 1.29 is 4.79 Å². The fourth-order valence-corrected chi connectivity index (χ4v) is 8.00. The van der Waals surface area contributed by atoms with Crippen molar-refractivity contribution in [2.24, 2.45) is 22.2 Å². The van der Waals surface area contributed by atoms with Crippen molar-refractivity contribution in [2.45, 2.75) is 66.2 Å². The molecule has 3 aromatic rings. The van der Waals surface area contributed by atoms with Crippen molar-refractivity contribution in [2.75, 3.05) is 0 Å². The number of fused-ring (bicyclic) bond motifs is 3. The molecule has 2 bridgehead atoms. The molecule has 4 nitrogen and oxygen atoms in total. The van der Waals surface area contributed by atoms with Crippen LogP contribution in [0.3, 0.4) is 0 Å². The average Bonchev–Trinajstić information content (AvgIpc) is 3.49. The smallest absolute Gasteiger partial charge is 0.267 e. The van der Waals surface area contributed by atoms with E-state index in [1.807, 2.05) is 0 Å². The number of hydrogen-bond acceptors (Lipinski definition) is 3. The standard InChI is InChI=1S/C31H33N3O/c1-19-6-10-21(11-7-19)26-24-17-29(2,3)31-15-14-23(16-31)30(4,5)27(31)25(24)33-34(26)28(35)22-12-8-20(18-32)9-13-22/h6-13,23,27H,14-17H2,1-5H3. The minimum Gasteiger partial charge on any atom is -0.267 e. The summed E-state index contributed by atoms with van der Waals surface area (Å²) < 4.78 is 1.67. The van der Waals surface area contributed by atoms with Gasteiger partial charge in [0.1, 0.15) is 0 Å². The van der Waals surface area contributed by atoms with Crippen molar-refractivity contribution in [3.8, 4) is 17.3 Å². The summed E-state index contributed by atoms with van der Waals surface area (Å²) in [5.74, 6) is 0.930. The molecule has 3 aliphatic rings. The third-order valence-corrected chi connectivity index (χ3v) is 9.93. The molecule has 0 radical (unpaired) electrons. The molecular formula is C31H33N3O. The predicted octanol–water partition coefficient (Wildman–Crippen LogP) is 6.91. The van der Waals surface area contributed by atoms with Gasteiger partial charge in [-0.15, -0.1) is 0 Å². The van der Waals surface area contributed by atoms with Crippen molar-refractivity contribution in [3.05, 3.63) is 76.5 Å². The second-order valence-corrected chi connectivity index (χ2v) is 12.4. The molecule has 6 rings (SSSR count). The lowest BCUT2D eigenvalue weighted by molar-refractivity contribution is 0.00338. The Kier molecular flexibility index (Phi) is 4.56. The van der Waals surface area contributed by atoms with Crippen LogP contribution in [-0.4, -0.2) is 15.7 Å². The normalized spacial score (nSPS) is 27.2. The van der Waals surface area contributed by atoms with Crippen molar-refractivity contribution in [1.82, 2.24) is 9.78 Å². The fraction of sp³-hybridized carbons (Fsp3) is 0.452. The summed E-state index contributed by atoms with van der Waals surface area (Å²) in [5.41, 5.74) is 7.21. The summed E-state index contributed by atoms with van der Waals surface area (Å²) in [6.07, 6.45) is 4.77. The van der Waals surface area contributed by atoms with Gasteiger partial charge in [-0.25, -0.2) is 0 Å². The van der Waals surface area contributed by atoms with Gasteiger partial charge in [0.25, 0.3) is 5.91 Å². The molecule has 4 heteroatoms. The van der Waals surface area contributed by atoms with E-state index < -0.39 is 0 Å². The Bertz CT molecular complexity index is 1380. The maximum Gasteiger partial charge on any atom is 0.278 e. The molecule has 2 aromatic carbocycles. The number of aryl methyl sites for hydroxylation is 1. The maximum absolute atomic E-state index is 13.9. The van der Waals surface area contributed by atoms with E-state index >= 15 is 0 Å². The maximum atomic E-state index is 13.9. The lowest BCUT2D eigenvalue weighted by Crippen LogP contribution is -2.48. The van der Waals surface area contributed by atoms with E-state index in [1.54, 1.807) is 28.9 Å². The van der Waals surface area contributed by atoms with Gasteiger partial charge in [0.15, 0.2) is 0 Å². The van der Waals surface area contributed by atoms with Crippen LogP contribution in [-0.2, 0) is 6.42 Å². The van der Waals surface area contributed by atoms with Gasteiger partial charge in [0.2, 0.25) is 0 Å². The lowest BCUT2D eigenvalue weighted by atomic mass is 9.49. The monoisotopic (exact) mass is 463 g/mol. The van der Waals surface area contributed by atoms with Crippen LogP contribution in [0.1, 0.15) is 85.6 Å². The van der Waals surface area contributed by atoms with E-state index in [-0.39, 0.29) is 22.2 Å². The first-order valence-electron chi connectivity index (χ1n) is 12.8. The van der Waals surface area contributed by atoms with E-state index in [1.165, 1.54) is 30.4 Å². The van der Waals surface area contributed by atoms with Gasteiger partial charge >= 0.3 is 0 Å². The highest BCUT2D eigenvalue weighted by atomic mass is 16.2. The van der Waals surface area contributed by atoms with Crippen LogP contribution in [0, 0.1) is 40.4 Å². The van der Waals surface area contributed by atoms with E-state index in [0.29, 0.717) is 23.0 Å². The number of aromatic nitrogens is 2. The number of rotatable bonds is 2. The van der Waals surface area contributed by atoms with Crippen molar-refractivity contribution >= 4 is 5.91 Å². The SMILES string of the molecule is Cc1ccc(-c2c3c(nn2C(=O)c2ccc(C#N)cc2)C2C(C)(C)C4CCC2(C4)C(C)(C)C3)cc1. The highest BCUT2D eigenvalue weighted by Gasteiger charge is 2.69. The first-order valence-corrected chi connectivity index (χ1v) is 12.8. The summed E-state index contributed by atoms with van der Waals surface area (Å²) in [5, 5.41) is 14.4. The highest BCUT2D eigenvalue weighted by Crippen LogP contribution is 2.77. The van der Waals surface area contributed by atoms with E-state index in [2.05, 4.69) is 65.0 Å². The van der Waals surface area contributed by atoms with Crippen LogP contribution < -0.4 is 0 Å². The molecule has 1 aromatic heterocycles. The van der Waals surface area contributed by atoms with Crippen LogP contribution in [0.15, 0.2) is 48.5 Å². The van der Waals surface area contributed by atoms with Crippen LogP contribution in [0.2, 0.25) is 0 Å². The van der Waals surface area contributed by atoms with Crippen LogP contribution >= 0.6 is 0 Å². The summed E-state index contributed by atoms with van der Waals surface area (Å²) >= 11 is 0. The summed E-state index contributed by atoms with van der Waals surface area (Å²) in [6.45, 7) is 11.8. The summed E-state index contributed by atoms with van der Waals surface area (Å²) in [7, 11) is 0. The molecule has 2 fully saturated rings. The van der Waals surface area contributed by atoms with Crippen LogP contribution in [0.5, 0.6) is 0 Å². The third kappa shape index (κ3) is 2.91. The van der Waals surface area contributed by atoms with Gasteiger partial charge in [0, 0.05) is 22.6 Å². The number of carbonyl (C=O) groups excluding carboxylic acids is 1. The van der Waals surface area contributed by atoms with Gasteiger partial charge in [-0.1, -0.05) is 57.5 Å². The molecule has 1 spiro atoms. The molecule has 0 saturated heterocycles. The summed E-state index contributed by atoms with van der Waals surface area (Å²) in [4.78, 5) is 13.9. The molecule has 2 saturated carbocycles. The molecule has 178 valence electrons. The molecule has 0 aliphatic heterocycles. The lowest BCUT2D eigenvalue weighted by Gasteiger charge is -2.55. The largest absolute Gasteiger partial charge is 0.278 e. The Labute approximate surface area is 208 Å². The molecule has 35 heavy (non-hydrogen) atoms. The second-order valence-electron chi connectivity index (χ2n) is 12.4. The second kappa shape index (κ2) is 7.17. The Balaban J connectivity index is 1.59. The molecule has 3 unspecified atom stereocenters. The minimum atomic E-state index is -0.132. The van der Waals surface area contributed by atoms with Crippen LogP contribution in [0.25, 0.3) is 11.3 Å². The number of nitrogens with zero attached hydrogens (tertiary/aromatic N) is 3. The zero-order valence-corrected chi connectivity index (χ0v) is 21.4. The predicted molar refractivity (Wildman–Crippen MR) is 137 cm³/mol. The quantitative estimate of drug-likeness (QED) is 0.415. The number of nitriles is 1. The Morgan fingerprint density at radius 1 is 1.06 bits per heavy atom. The Morgan fingerprint density at radius 3 is 2.40 bits per heavy atom. The zero-order chi connectivity index (χ0) is 24.8. The van der Waals surface area contributed by atoms with Gasteiger partial charge in [-0.2, -0.15) is 15.0 Å². The number of hydrogen-bond donors (Lipinski definition) is 0. The molecule has 1 heterocycles. The number of carbonyl (C=O) groups is 1. The zero-order valence-electron chi connectivity index (χ0n) is 21.4. The van der Waals surface area contributed by atoms with Crippen LogP contribution in [0.4, 0.5) is 0 Å². The molecule has 0 N–H and O–H groups in total. The van der Waals surface area contributed by atoms with Gasteiger partial charge in [0.05, 0.1) is 23.0 Å². The van der Waals surface area contributed by atoms with E-state index in [4.69, 9.17) is 5.10 Å². The summed E-state index contributed by atoms with van der Waals surface area (Å²) in [6, 6.07) is 17.5. The highest BCUT2D eigenvalue weighted by molar-refractivity contribution is 5.98. The van der Waals surface area contributed by atoms with E-state index in [0.717, 1.165) is 23.4 Å². The fourth-order valence-electron chi connectivity index (χ4n) is 8.00. The molecule has 3 aliphatic carbocycles. The average molecular weight is 464 g/mol. The molecule has 0 amide bonds. The van der Waals surface area contributed by atoms with Gasteiger partial charge in [-0.05, 0) is 79.0 Å². The van der Waals surface area contributed by atoms with Crippen molar-refractivity contribution in [3.63, 3.8) is 0 Å². The number of benzene rings is 2. The minimum absolute atomic E-state index is 0.132. The first-order chi connectivity index (χ1) is 16.6. The third-order valence-electron chi connectivity index (χ3n) is 9.93.